The molecule has 32 heavy (non-hydrogen) atoms. The molecule has 1 aromatic carbocycles. The number of anilines is 1. The fraction of sp³-hybridized carbons (Fsp3) is 0.304. The second-order valence-electron chi connectivity index (χ2n) is 7.83. The number of hydrogen-bond acceptors (Lipinski definition) is 5. The van der Waals surface area contributed by atoms with E-state index in [9.17, 15) is 8.42 Å². The fourth-order valence-corrected chi connectivity index (χ4v) is 5.15. The van der Waals surface area contributed by atoms with Crippen LogP contribution in [-0.4, -0.2) is 46.8 Å². The minimum absolute atomic E-state index is 0.0887. The fourth-order valence-electron chi connectivity index (χ4n) is 3.58. The lowest BCUT2D eigenvalue weighted by Crippen LogP contribution is -2.27. The Labute approximate surface area is 198 Å². The first-order valence-corrected chi connectivity index (χ1v) is 12.8. The minimum Gasteiger partial charge on any atom is -0.383 e. The van der Waals surface area contributed by atoms with E-state index in [1.54, 1.807) is 30.2 Å². The number of nitrogen functional groups attached to an aromatic ring is 1. The third-order valence-corrected chi connectivity index (χ3v) is 7.65. The van der Waals surface area contributed by atoms with E-state index >= 15 is 0 Å². The average molecular weight is 518 g/mol. The van der Waals surface area contributed by atoms with Gasteiger partial charge in [-0.25, -0.2) is 12.7 Å². The van der Waals surface area contributed by atoms with Crippen LogP contribution in [0.25, 0.3) is 11.6 Å². The summed E-state index contributed by atoms with van der Waals surface area (Å²) in [6.07, 6.45) is 9.13. The Bertz CT molecular complexity index is 1220. The van der Waals surface area contributed by atoms with Crippen molar-refractivity contribution in [1.29, 1.82) is 0 Å². The van der Waals surface area contributed by atoms with Crippen LogP contribution >= 0.6 is 15.9 Å². The number of hydrogen-bond donors (Lipinski definition) is 1. The average Bonchev–Trinajstić information content (AvgIpc) is 3.26. The van der Waals surface area contributed by atoms with Gasteiger partial charge in [-0.2, -0.15) is 5.10 Å². The van der Waals surface area contributed by atoms with Crippen molar-refractivity contribution in [3.05, 3.63) is 76.2 Å². The van der Waals surface area contributed by atoms with Crippen LogP contribution < -0.4 is 5.73 Å². The number of nitrogens with two attached hydrogens (primary N) is 1. The smallest absolute Gasteiger partial charge is 0.211 e. The van der Waals surface area contributed by atoms with Gasteiger partial charge in [0.05, 0.1) is 22.6 Å². The molecule has 3 rings (SSSR count). The molecular weight excluding hydrogens is 490 g/mol. The molecule has 2 aromatic rings. The van der Waals surface area contributed by atoms with Gasteiger partial charge < -0.3 is 5.73 Å². The number of aromatic nitrogens is 3. The standard InChI is InChI=1S/C23H28BrN5O2S/c1-5-17(12-18-9-7-6-8-16(18)2)20-13-26-22(21(24)23(25)28(3)27-14-20)19-10-11-29(15-19)32(4,30)31/h5-9,12-14,19H,1,10-11,15,25H2,2-4H3/b17-12+,20-13?,23-21?,26-22?,27-14?. The van der Waals surface area contributed by atoms with Gasteiger partial charge in [0.2, 0.25) is 10.0 Å². The SMILES string of the molecule is C=C/C(=C\c1ccccc1C)c1cnc(C2CCN(S(C)(=O)=O)C2)c(Br)c(N)n(C)nc1. The normalized spacial score (nSPS) is 17.2. The zero-order valence-corrected chi connectivity index (χ0v) is 20.9. The molecule has 0 amide bonds. The third-order valence-electron chi connectivity index (χ3n) is 5.57. The Morgan fingerprint density at radius 1 is 1.31 bits per heavy atom. The van der Waals surface area contributed by atoms with Gasteiger partial charge in [-0.1, -0.05) is 36.9 Å². The number of rotatable bonds is 5. The Balaban J connectivity index is 2.15. The van der Waals surface area contributed by atoms with Crippen LogP contribution in [0.2, 0.25) is 0 Å². The van der Waals surface area contributed by atoms with Crippen molar-refractivity contribution < 1.29 is 8.42 Å². The minimum atomic E-state index is -3.26. The number of aryl methyl sites for hydroxylation is 2. The predicted octanol–water partition coefficient (Wildman–Crippen LogP) is 4.07. The maximum Gasteiger partial charge on any atom is 0.211 e. The summed E-state index contributed by atoms with van der Waals surface area (Å²) in [6, 6.07) is 8.09. The van der Waals surface area contributed by atoms with Crippen LogP contribution in [0.5, 0.6) is 0 Å². The number of nitrogens with zero attached hydrogens (tertiary/aromatic N) is 4. The molecule has 170 valence electrons. The zero-order valence-electron chi connectivity index (χ0n) is 18.5. The van der Waals surface area contributed by atoms with E-state index in [0.717, 1.165) is 22.3 Å². The quantitative estimate of drug-likeness (QED) is 0.603. The van der Waals surface area contributed by atoms with Gasteiger partial charge in [0, 0.05) is 37.8 Å². The van der Waals surface area contributed by atoms with Crippen molar-refractivity contribution in [3.8, 4) is 0 Å². The summed E-state index contributed by atoms with van der Waals surface area (Å²) in [6.45, 7) is 6.84. The largest absolute Gasteiger partial charge is 0.383 e. The predicted molar refractivity (Wildman–Crippen MR) is 134 cm³/mol. The van der Waals surface area contributed by atoms with Crippen LogP contribution in [0, 0.1) is 6.92 Å². The van der Waals surface area contributed by atoms with E-state index in [1.807, 2.05) is 24.3 Å². The van der Waals surface area contributed by atoms with E-state index in [4.69, 9.17) is 10.7 Å². The van der Waals surface area contributed by atoms with Crippen LogP contribution in [0.4, 0.5) is 5.82 Å². The van der Waals surface area contributed by atoms with Gasteiger partial charge in [-0.15, -0.1) is 0 Å². The van der Waals surface area contributed by atoms with Crippen LogP contribution in [0.15, 0.2) is 53.8 Å². The van der Waals surface area contributed by atoms with Gasteiger partial charge in [0.15, 0.2) is 0 Å². The van der Waals surface area contributed by atoms with Crippen molar-refractivity contribution in [2.45, 2.75) is 19.3 Å². The molecule has 1 fully saturated rings. The molecule has 7 nitrogen and oxygen atoms in total. The highest BCUT2D eigenvalue weighted by Crippen LogP contribution is 2.33. The van der Waals surface area contributed by atoms with Crippen LogP contribution in [0.1, 0.15) is 34.7 Å². The molecule has 1 aliphatic rings. The Hall–Kier alpha value is -2.49. The maximum atomic E-state index is 12.0. The third kappa shape index (κ3) is 5.46. The summed E-state index contributed by atoms with van der Waals surface area (Å²) in [5.41, 5.74) is 10.9. The van der Waals surface area contributed by atoms with Gasteiger partial charge in [-0.3, -0.25) is 9.67 Å². The molecule has 1 aromatic heterocycles. The first-order chi connectivity index (χ1) is 15.1. The molecule has 1 unspecified atom stereocenters. The van der Waals surface area contributed by atoms with Crippen molar-refractivity contribution in [2.75, 3.05) is 25.1 Å². The first-order valence-electron chi connectivity index (χ1n) is 10.2. The lowest BCUT2D eigenvalue weighted by molar-refractivity contribution is 0.477. The molecule has 0 saturated carbocycles. The number of halogens is 1. The Morgan fingerprint density at radius 2 is 2.03 bits per heavy atom. The monoisotopic (exact) mass is 517 g/mol. The van der Waals surface area contributed by atoms with Crippen molar-refractivity contribution in [1.82, 2.24) is 19.1 Å². The molecule has 2 N–H and O–H groups in total. The van der Waals surface area contributed by atoms with Crippen molar-refractivity contribution in [2.24, 2.45) is 7.05 Å². The van der Waals surface area contributed by atoms with Gasteiger partial charge >= 0.3 is 0 Å². The molecule has 0 radical (unpaired) electrons. The summed E-state index contributed by atoms with van der Waals surface area (Å²) in [7, 11) is -1.51. The van der Waals surface area contributed by atoms with Crippen LogP contribution in [0.3, 0.4) is 0 Å². The Morgan fingerprint density at radius 3 is 2.66 bits per heavy atom. The first kappa shape index (κ1) is 24.2. The highest BCUT2D eigenvalue weighted by molar-refractivity contribution is 9.10. The highest BCUT2D eigenvalue weighted by atomic mass is 79.9. The van der Waals surface area contributed by atoms with Crippen molar-refractivity contribution in [3.63, 3.8) is 0 Å². The topological polar surface area (TPSA) is 94.1 Å². The molecule has 0 aliphatic carbocycles. The summed E-state index contributed by atoms with van der Waals surface area (Å²) in [4.78, 5) is 4.76. The molecular formula is C23H28BrN5O2S. The second-order valence-corrected chi connectivity index (χ2v) is 10.6. The molecule has 0 spiro atoms. The summed E-state index contributed by atoms with van der Waals surface area (Å²) >= 11 is 3.57. The van der Waals surface area contributed by atoms with E-state index in [1.165, 1.54) is 10.6 Å². The second kappa shape index (κ2) is 9.97. The number of benzene rings is 1. The maximum absolute atomic E-state index is 12.0. The summed E-state index contributed by atoms with van der Waals surface area (Å²) in [5, 5.41) is 4.46. The lowest BCUT2D eigenvalue weighted by atomic mass is 10.0. The van der Waals surface area contributed by atoms with E-state index < -0.39 is 10.0 Å². The van der Waals surface area contributed by atoms with Gasteiger partial charge in [0.1, 0.15) is 5.82 Å². The van der Waals surface area contributed by atoms with Gasteiger partial charge in [0.25, 0.3) is 0 Å². The van der Waals surface area contributed by atoms with E-state index in [0.29, 0.717) is 35.5 Å². The van der Waals surface area contributed by atoms with E-state index in [2.05, 4.69) is 40.6 Å². The van der Waals surface area contributed by atoms with E-state index in [-0.39, 0.29) is 5.92 Å². The molecule has 1 saturated heterocycles. The molecule has 0 bridgehead atoms. The highest BCUT2D eigenvalue weighted by Gasteiger charge is 2.31. The van der Waals surface area contributed by atoms with Crippen LogP contribution in [-0.2, 0) is 17.1 Å². The molecule has 9 heteroatoms. The van der Waals surface area contributed by atoms with Crippen molar-refractivity contribution >= 4 is 43.4 Å². The lowest BCUT2D eigenvalue weighted by Gasteiger charge is -2.14. The Kier molecular flexibility index (Phi) is 7.53. The molecule has 1 atom stereocenters. The zero-order chi connectivity index (χ0) is 23.5. The molecule has 2 heterocycles. The summed E-state index contributed by atoms with van der Waals surface area (Å²) in [5.74, 6) is 0.310. The number of sulfonamides is 1. The van der Waals surface area contributed by atoms with Gasteiger partial charge in [-0.05, 0) is 52.1 Å². The molecule has 1 aliphatic heterocycles. The number of allylic oxidation sites excluding steroid dienone is 2. The summed E-state index contributed by atoms with van der Waals surface area (Å²) < 4.78 is 27.6.